The molecule has 1 aromatic rings. The number of nitriles is 1. The number of aliphatic hydroxyl groups excluding tert-OH is 1. The van der Waals surface area contributed by atoms with Crippen LogP contribution in [0.1, 0.15) is 26.0 Å². The number of imide groups is 1. The molecule has 0 unspecified atom stereocenters. The van der Waals surface area contributed by atoms with Crippen LogP contribution in [0.15, 0.2) is 12.3 Å². The lowest BCUT2D eigenvalue weighted by molar-refractivity contribution is -0.132. The quantitative estimate of drug-likeness (QED) is 0.517. The Morgan fingerprint density at radius 3 is 2.71 bits per heavy atom. The maximum Gasteiger partial charge on any atom is 0.240 e. The number of aliphatic hydroxyl groups is 1. The van der Waals surface area contributed by atoms with Crippen LogP contribution in [-0.4, -0.2) is 39.2 Å². The molecule has 3 aliphatic heterocycles. The zero-order valence-electron chi connectivity index (χ0n) is 13.0. The molecule has 0 aliphatic carbocycles. The van der Waals surface area contributed by atoms with Gasteiger partial charge < -0.3 is 9.84 Å². The van der Waals surface area contributed by atoms with E-state index in [0.29, 0.717) is 15.7 Å². The molecular formula is C16H14IN3O4. The van der Waals surface area contributed by atoms with Crippen LogP contribution in [0, 0.1) is 26.7 Å². The molecule has 0 spiro atoms. The van der Waals surface area contributed by atoms with E-state index in [1.54, 1.807) is 19.9 Å². The van der Waals surface area contributed by atoms with Crippen LogP contribution >= 0.6 is 22.6 Å². The lowest BCUT2D eigenvalue weighted by atomic mass is 9.67. The van der Waals surface area contributed by atoms with Crippen LogP contribution in [0.25, 0.3) is 0 Å². The van der Waals surface area contributed by atoms with Crippen LogP contribution in [-0.2, 0) is 14.3 Å². The summed E-state index contributed by atoms with van der Waals surface area (Å²) in [6.45, 7) is 3.48. The maximum atomic E-state index is 13.0. The van der Waals surface area contributed by atoms with E-state index in [9.17, 15) is 14.7 Å². The standard InChI is InChI=1S/C16H14IN3O4/c1-15-4-10(21)16(2,24-15)12-11(15)13(22)20(14(12)23)7-3-8(17)9(5-18)19-6-7/h3,6,10-12,21H,4H2,1-2H3/t10-,11+,12-,15+,16-/m0/s1. The highest BCUT2D eigenvalue weighted by molar-refractivity contribution is 14.1. The van der Waals surface area contributed by atoms with Gasteiger partial charge in [0, 0.05) is 6.42 Å². The Balaban J connectivity index is 1.79. The van der Waals surface area contributed by atoms with Crippen molar-refractivity contribution in [2.45, 2.75) is 37.6 Å². The molecule has 0 aromatic carbocycles. The number of amides is 2. The SMILES string of the molecule is C[C@]12O[C@](C)(C[C@@H]1O)[C@H]1C(=O)N(c3cnc(C#N)c(I)c3)C(=O)[C@H]12. The van der Waals surface area contributed by atoms with Gasteiger partial charge in [-0.3, -0.25) is 9.59 Å². The Labute approximate surface area is 151 Å². The van der Waals surface area contributed by atoms with Gasteiger partial charge in [-0.1, -0.05) is 0 Å². The first-order valence-corrected chi connectivity index (χ1v) is 8.62. The van der Waals surface area contributed by atoms with E-state index in [1.807, 2.05) is 28.7 Å². The molecule has 3 saturated heterocycles. The third-order valence-corrected chi connectivity index (χ3v) is 6.31. The molecular weight excluding hydrogens is 425 g/mol. The Morgan fingerprint density at radius 1 is 1.42 bits per heavy atom. The first-order chi connectivity index (χ1) is 11.2. The summed E-state index contributed by atoms with van der Waals surface area (Å²) in [5, 5.41) is 19.3. The van der Waals surface area contributed by atoms with Gasteiger partial charge in [-0.25, -0.2) is 9.88 Å². The number of fused-ring (bicyclic) bond motifs is 5. The van der Waals surface area contributed by atoms with Crippen molar-refractivity contribution in [3.63, 3.8) is 0 Å². The molecule has 2 amide bonds. The van der Waals surface area contributed by atoms with Gasteiger partial charge in [0.15, 0.2) is 5.69 Å². The third kappa shape index (κ3) is 1.75. The molecule has 8 heteroatoms. The molecule has 2 bridgehead atoms. The molecule has 24 heavy (non-hydrogen) atoms. The number of hydrogen-bond donors (Lipinski definition) is 1. The molecule has 5 atom stereocenters. The smallest absolute Gasteiger partial charge is 0.240 e. The average molecular weight is 439 g/mol. The second-order valence-corrected chi connectivity index (χ2v) is 8.08. The molecule has 1 N–H and O–H groups in total. The number of aromatic nitrogens is 1. The van der Waals surface area contributed by atoms with Crippen molar-refractivity contribution in [3.05, 3.63) is 21.5 Å². The second-order valence-electron chi connectivity index (χ2n) is 6.92. The van der Waals surface area contributed by atoms with E-state index in [1.165, 1.54) is 6.20 Å². The minimum atomic E-state index is -1.05. The topological polar surface area (TPSA) is 104 Å². The highest BCUT2D eigenvalue weighted by Gasteiger charge is 2.75. The fourth-order valence-electron chi connectivity index (χ4n) is 4.41. The van der Waals surface area contributed by atoms with Crippen molar-refractivity contribution in [3.8, 4) is 6.07 Å². The molecule has 4 rings (SSSR count). The number of anilines is 1. The number of ether oxygens (including phenoxy) is 1. The van der Waals surface area contributed by atoms with Gasteiger partial charge in [-0.05, 0) is 42.5 Å². The fraction of sp³-hybridized carbons (Fsp3) is 0.500. The van der Waals surface area contributed by atoms with Crippen molar-refractivity contribution in [2.75, 3.05) is 4.90 Å². The van der Waals surface area contributed by atoms with E-state index in [4.69, 9.17) is 10.00 Å². The number of pyridine rings is 1. The van der Waals surface area contributed by atoms with E-state index >= 15 is 0 Å². The van der Waals surface area contributed by atoms with Crippen LogP contribution < -0.4 is 4.90 Å². The molecule has 3 aliphatic rings. The maximum absolute atomic E-state index is 13.0. The summed E-state index contributed by atoms with van der Waals surface area (Å²) in [7, 11) is 0. The summed E-state index contributed by atoms with van der Waals surface area (Å²) in [5.41, 5.74) is -1.29. The van der Waals surface area contributed by atoms with E-state index in [0.717, 1.165) is 4.90 Å². The van der Waals surface area contributed by atoms with Gasteiger partial charge in [-0.2, -0.15) is 5.26 Å². The normalized spacial score (nSPS) is 40.1. The Kier molecular flexibility index (Phi) is 3.15. The predicted molar refractivity (Wildman–Crippen MR) is 89.7 cm³/mol. The monoisotopic (exact) mass is 439 g/mol. The number of halogens is 1. The Morgan fingerprint density at radius 2 is 2.08 bits per heavy atom. The summed E-state index contributed by atoms with van der Waals surface area (Å²) in [5.74, 6) is -2.01. The summed E-state index contributed by atoms with van der Waals surface area (Å²) in [6, 6.07) is 3.56. The Bertz CT molecular complexity index is 837. The molecule has 0 saturated carbocycles. The van der Waals surface area contributed by atoms with Gasteiger partial charge in [0.2, 0.25) is 11.8 Å². The van der Waals surface area contributed by atoms with Crippen LogP contribution in [0.5, 0.6) is 0 Å². The van der Waals surface area contributed by atoms with Gasteiger partial charge in [0.05, 0.1) is 39.0 Å². The van der Waals surface area contributed by atoms with Gasteiger partial charge in [0.1, 0.15) is 11.7 Å². The van der Waals surface area contributed by atoms with Crippen LogP contribution in [0.2, 0.25) is 0 Å². The summed E-state index contributed by atoms with van der Waals surface area (Å²) in [6.07, 6.45) is 0.918. The van der Waals surface area contributed by atoms with Crippen molar-refractivity contribution >= 4 is 40.1 Å². The minimum absolute atomic E-state index is 0.247. The number of carbonyl (C=O) groups is 2. The summed E-state index contributed by atoms with van der Waals surface area (Å²) in [4.78, 5) is 31.1. The predicted octanol–water partition coefficient (Wildman–Crippen LogP) is 0.976. The van der Waals surface area contributed by atoms with Crippen LogP contribution in [0.4, 0.5) is 5.69 Å². The van der Waals surface area contributed by atoms with E-state index < -0.39 is 29.1 Å². The first kappa shape index (κ1) is 15.9. The largest absolute Gasteiger partial charge is 0.390 e. The van der Waals surface area contributed by atoms with Gasteiger partial charge >= 0.3 is 0 Å². The minimum Gasteiger partial charge on any atom is -0.390 e. The number of nitrogens with zero attached hydrogens (tertiary/aromatic N) is 3. The average Bonchev–Trinajstić information content (AvgIpc) is 3.01. The van der Waals surface area contributed by atoms with Crippen molar-refractivity contribution in [1.29, 1.82) is 5.26 Å². The molecule has 3 fully saturated rings. The van der Waals surface area contributed by atoms with E-state index in [-0.39, 0.29) is 17.5 Å². The lowest BCUT2D eigenvalue weighted by Crippen LogP contribution is -2.49. The Hall–Kier alpha value is -1.57. The van der Waals surface area contributed by atoms with Gasteiger partial charge in [0.25, 0.3) is 0 Å². The first-order valence-electron chi connectivity index (χ1n) is 7.54. The highest BCUT2D eigenvalue weighted by atomic mass is 127. The fourth-order valence-corrected chi connectivity index (χ4v) is 4.99. The number of hydrogen-bond acceptors (Lipinski definition) is 6. The molecule has 124 valence electrons. The molecule has 4 heterocycles. The number of rotatable bonds is 1. The third-order valence-electron chi connectivity index (χ3n) is 5.49. The van der Waals surface area contributed by atoms with Crippen molar-refractivity contribution < 1.29 is 19.4 Å². The molecule has 1 aromatic heterocycles. The van der Waals surface area contributed by atoms with Gasteiger partial charge in [-0.15, -0.1) is 0 Å². The summed E-state index contributed by atoms with van der Waals surface area (Å²) < 4.78 is 6.50. The summed E-state index contributed by atoms with van der Waals surface area (Å²) >= 11 is 1.95. The van der Waals surface area contributed by atoms with Crippen LogP contribution in [0.3, 0.4) is 0 Å². The van der Waals surface area contributed by atoms with Crippen molar-refractivity contribution in [1.82, 2.24) is 4.98 Å². The lowest BCUT2D eigenvalue weighted by Gasteiger charge is -2.31. The molecule has 7 nitrogen and oxygen atoms in total. The zero-order chi connectivity index (χ0) is 17.4. The van der Waals surface area contributed by atoms with Crippen molar-refractivity contribution in [2.24, 2.45) is 11.8 Å². The van der Waals surface area contributed by atoms with E-state index in [2.05, 4.69) is 4.98 Å². The molecule has 0 radical (unpaired) electrons. The second kappa shape index (κ2) is 4.74. The number of carbonyl (C=O) groups excluding carboxylic acids is 2. The zero-order valence-corrected chi connectivity index (χ0v) is 15.1. The highest BCUT2D eigenvalue weighted by Crippen LogP contribution is 2.60.